The van der Waals surface area contributed by atoms with Crippen molar-refractivity contribution in [3.63, 3.8) is 0 Å². The average Bonchev–Trinajstić information content (AvgIpc) is 3.17. The fourth-order valence-electron chi connectivity index (χ4n) is 5.35. The van der Waals surface area contributed by atoms with Gasteiger partial charge in [0.1, 0.15) is 6.10 Å². The fourth-order valence-corrected chi connectivity index (χ4v) is 12.2. The second-order valence-electron chi connectivity index (χ2n) is 16.5. The zero-order valence-electron chi connectivity index (χ0n) is 34.6. The summed E-state index contributed by atoms with van der Waals surface area (Å²) in [6.45, 7) is 14.3. The Kier molecular flexibility index (Phi) is 17.8. The summed E-state index contributed by atoms with van der Waals surface area (Å²) in [5.41, 5.74) is -4.35. The molecule has 0 saturated heterocycles. The van der Waals surface area contributed by atoms with Crippen LogP contribution in [0.2, 0.25) is 0 Å². The normalized spacial score (nSPS) is 16.2. The third-order valence-electron chi connectivity index (χ3n) is 8.33. The lowest BCUT2D eigenvalue weighted by Gasteiger charge is -2.26. The average molecular weight is 849 g/mol. The largest absolute Gasteiger partial charge is 0.376 e. The Hall–Kier alpha value is -2.88. The van der Waals surface area contributed by atoms with Gasteiger partial charge in [0.2, 0.25) is 16.6 Å². The summed E-state index contributed by atoms with van der Waals surface area (Å²) in [4.78, 5) is 40.0. The molecule has 0 heterocycles. The first-order chi connectivity index (χ1) is 26.6. The van der Waals surface area contributed by atoms with E-state index in [4.69, 9.17) is 27.8 Å². The van der Waals surface area contributed by atoms with Crippen molar-refractivity contribution >= 4 is 54.6 Å². The Morgan fingerprint density at radius 3 is 0.965 bits per heavy atom. The van der Waals surface area contributed by atoms with E-state index in [-0.39, 0.29) is 58.2 Å². The van der Waals surface area contributed by atoms with Gasteiger partial charge in [-0.15, -0.1) is 0 Å². The molecule has 0 saturated carbocycles. The summed E-state index contributed by atoms with van der Waals surface area (Å²) in [5, 5.41) is 0.865. The number of hydrogen-bond acceptors (Lipinski definition) is 12. The fraction of sp³-hybridized carbons (Fsp3) is 0.500. The molecule has 3 atom stereocenters. The van der Waals surface area contributed by atoms with Gasteiger partial charge in [-0.05, 0) is 36.4 Å². The van der Waals surface area contributed by atoms with Crippen molar-refractivity contribution in [2.24, 2.45) is 16.2 Å². The van der Waals surface area contributed by atoms with Gasteiger partial charge < -0.3 is 27.8 Å². The van der Waals surface area contributed by atoms with Crippen molar-refractivity contribution in [3.05, 3.63) is 91.0 Å². The minimum absolute atomic E-state index is 0.0463. The minimum Gasteiger partial charge on any atom is -0.376 e. The molecule has 0 amide bonds. The molecular formula is C42H59O12P3. The van der Waals surface area contributed by atoms with Crippen LogP contribution in [0.3, 0.4) is 0 Å². The van der Waals surface area contributed by atoms with Gasteiger partial charge in [0.05, 0.1) is 52.9 Å². The van der Waals surface area contributed by atoms with Crippen LogP contribution in [0.1, 0.15) is 62.3 Å². The first-order valence-electron chi connectivity index (χ1n) is 18.9. The quantitative estimate of drug-likeness (QED) is 0.0670. The molecule has 3 rings (SSSR count). The summed E-state index contributed by atoms with van der Waals surface area (Å²) in [6, 6.07) is 25.0. The maximum Gasteiger partial charge on any atom is 0.296 e. The molecule has 0 aliphatic rings. The Balaban J connectivity index is 1.69. The summed E-state index contributed by atoms with van der Waals surface area (Å²) < 4.78 is 77.2. The Bertz CT molecular complexity index is 1800. The second-order valence-corrected chi connectivity index (χ2v) is 23.3. The highest BCUT2D eigenvalue weighted by Gasteiger charge is 2.44. The predicted octanol–water partition coefficient (Wildman–Crippen LogP) is 7.98. The SMILES string of the molecule is CC(C)(C)C(=O)P(=O)(OCCOCC(COCCOP(=O)(C(=O)C(C)(C)C)c1ccccc1)OCCOP(=O)(C(=O)C(C)(C)C)c1ccccc1)c1ccccc1. The lowest BCUT2D eigenvalue weighted by Crippen LogP contribution is -2.30. The number of carbonyl (C=O) groups is 3. The van der Waals surface area contributed by atoms with Crippen molar-refractivity contribution < 1.29 is 55.9 Å². The van der Waals surface area contributed by atoms with E-state index in [2.05, 4.69) is 0 Å². The van der Waals surface area contributed by atoms with Crippen LogP contribution in [-0.2, 0) is 55.9 Å². The lowest BCUT2D eigenvalue weighted by atomic mass is 9.99. The maximum atomic E-state index is 14.1. The van der Waals surface area contributed by atoms with Gasteiger partial charge in [-0.3, -0.25) is 28.1 Å². The number of benzene rings is 3. The third kappa shape index (κ3) is 13.6. The molecule has 0 aliphatic carbocycles. The van der Waals surface area contributed by atoms with Gasteiger partial charge in [-0.1, -0.05) is 117 Å². The van der Waals surface area contributed by atoms with E-state index in [1.807, 2.05) is 0 Å². The molecule has 3 aromatic rings. The van der Waals surface area contributed by atoms with Crippen LogP contribution in [-0.4, -0.2) is 75.5 Å². The lowest BCUT2D eigenvalue weighted by molar-refractivity contribution is -0.120. The molecule has 314 valence electrons. The Labute approximate surface area is 338 Å². The summed E-state index contributed by atoms with van der Waals surface area (Å²) in [7, 11) is -11.8. The van der Waals surface area contributed by atoms with Gasteiger partial charge in [0, 0.05) is 32.2 Å². The zero-order chi connectivity index (χ0) is 42.5. The number of carbonyl (C=O) groups excluding carboxylic acids is 3. The number of hydrogen-bond donors (Lipinski definition) is 0. The highest BCUT2D eigenvalue weighted by Crippen LogP contribution is 2.53. The molecule has 12 nitrogen and oxygen atoms in total. The van der Waals surface area contributed by atoms with E-state index in [1.165, 1.54) is 0 Å². The van der Waals surface area contributed by atoms with Gasteiger partial charge >= 0.3 is 0 Å². The van der Waals surface area contributed by atoms with E-state index in [0.29, 0.717) is 10.6 Å². The molecule has 57 heavy (non-hydrogen) atoms. The van der Waals surface area contributed by atoms with E-state index in [1.54, 1.807) is 153 Å². The maximum absolute atomic E-state index is 14.1. The van der Waals surface area contributed by atoms with Crippen molar-refractivity contribution in [1.82, 2.24) is 0 Å². The highest BCUT2D eigenvalue weighted by molar-refractivity contribution is 7.83. The third-order valence-corrected chi connectivity index (χ3v) is 16.5. The second kappa shape index (κ2) is 20.9. The van der Waals surface area contributed by atoms with Crippen molar-refractivity contribution in [2.75, 3.05) is 52.9 Å². The van der Waals surface area contributed by atoms with Crippen LogP contribution < -0.4 is 15.9 Å². The van der Waals surface area contributed by atoms with E-state index in [9.17, 15) is 28.1 Å². The molecule has 0 aromatic heterocycles. The molecule has 3 aromatic carbocycles. The van der Waals surface area contributed by atoms with Crippen LogP contribution in [0.25, 0.3) is 0 Å². The monoisotopic (exact) mass is 848 g/mol. The molecule has 0 N–H and O–H groups in total. The van der Waals surface area contributed by atoms with Gasteiger partial charge in [0.25, 0.3) is 22.1 Å². The molecule has 15 heteroatoms. The van der Waals surface area contributed by atoms with Crippen LogP contribution in [0, 0.1) is 16.2 Å². The van der Waals surface area contributed by atoms with Crippen LogP contribution in [0.15, 0.2) is 91.0 Å². The van der Waals surface area contributed by atoms with Crippen LogP contribution in [0.5, 0.6) is 0 Å². The van der Waals surface area contributed by atoms with Gasteiger partial charge in [-0.2, -0.15) is 0 Å². The smallest absolute Gasteiger partial charge is 0.296 e. The minimum atomic E-state index is -3.95. The highest BCUT2D eigenvalue weighted by atomic mass is 31.2. The summed E-state index contributed by atoms with van der Waals surface area (Å²) in [5.74, 6) is 0. The van der Waals surface area contributed by atoms with E-state index < -0.39 is 61.0 Å². The molecule has 0 aliphatic heterocycles. The summed E-state index contributed by atoms with van der Waals surface area (Å²) in [6.07, 6.45) is -0.739. The summed E-state index contributed by atoms with van der Waals surface area (Å²) >= 11 is 0. The number of rotatable bonds is 23. The Morgan fingerprint density at radius 1 is 0.439 bits per heavy atom. The number of ether oxygens (including phenoxy) is 3. The molecule has 0 bridgehead atoms. The molecular weight excluding hydrogens is 789 g/mol. The van der Waals surface area contributed by atoms with E-state index >= 15 is 0 Å². The zero-order valence-corrected chi connectivity index (χ0v) is 37.3. The topological polar surface area (TPSA) is 158 Å². The van der Waals surface area contributed by atoms with Crippen molar-refractivity contribution in [3.8, 4) is 0 Å². The standard InChI is InChI=1S/C42H59O12P3/c1-40(2,3)37(43)55(46,34-19-13-10-14-20-34)52-28-25-49-31-33(51-27-30-54-57(48,39(45)42(7,8)9)36-23-17-12-18-24-36)32-50-26-29-53-56(47,38(44)41(4,5)6)35-21-15-11-16-22-35/h10-24,33H,25-32H2,1-9H3. The van der Waals surface area contributed by atoms with Crippen molar-refractivity contribution in [2.45, 2.75) is 68.4 Å². The molecule has 0 fully saturated rings. The van der Waals surface area contributed by atoms with Gasteiger partial charge in [-0.25, -0.2) is 0 Å². The van der Waals surface area contributed by atoms with Crippen LogP contribution in [0.4, 0.5) is 0 Å². The van der Waals surface area contributed by atoms with Crippen molar-refractivity contribution in [1.29, 1.82) is 0 Å². The van der Waals surface area contributed by atoms with Gasteiger partial charge in [0.15, 0.2) is 0 Å². The molecule has 3 unspecified atom stereocenters. The first kappa shape index (κ1) is 48.5. The predicted molar refractivity (Wildman–Crippen MR) is 224 cm³/mol. The first-order valence-corrected chi connectivity index (χ1v) is 23.8. The Morgan fingerprint density at radius 2 is 0.702 bits per heavy atom. The van der Waals surface area contributed by atoms with E-state index in [0.717, 1.165) is 0 Å². The molecule has 0 radical (unpaired) electrons. The van der Waals surface area contributed by atoms with Crippen LogP contribution >= 0.6 is 22.1 Å². The molecule has 0 spiro atoms.